The SMILES string of the molecule is Cc1ncsc1-c1ccc([C@H](C)NC(=O)[C@@H]2C[C@@H](O)CN2C(=O)[C@@H](NC(=O)COCCOCCOCCOCCOCCOCCOc2ccc(/C=N/NC(=O)c3c(-c4ccc(O)cc4)sc4cc(O)ccc34)cc2)C(C)(C)C)cc1. The van der Waals surface area contributed by atoms with Gasteiger partial charge in [-0.25, -0.2) is 10.4 Å². The number of rotatable bonds is 31. The Hall–Kier alpha value is -6.86. The van der Waals surface area contributed by atoms with Crippen molar-refractivity contribution < 1.29 is 67.7 Å². The molecule has 4 atom stereocenters. The van der Waals surface area contributed by atoms with E-state index in [1.807, 2.05) is 76.5 Å². The van der Waals surface area contributed by atoms with Gasteiger partial charge >= 0.3 is 0 Å². The molecular weight excluding hydrogens is 1080 g/mol. The number of thiazole rings is 1. The maximum Gasteiger partial charge on any atom is 0.273 e. The maximum atomic E-state index is 14.0. The summed E-state index contributed by atoms with van der Waals surface area (Å²) in [6.07, 6.45) is 0.728. The molecule has 6 aromatic rings. The number of aromatic hydroxyl groups is 2. The minimum absolute atomic E-state index is 0.0299. The van der Waals surface area contributed by atoms with Gasteiger partial charge in [0.1, 0.15) is 42.5 Å². The molecule has 81 heavy (non-hydrogen) atoms. The smallest absolute Gasteiger partial charge is 0.273 e. The van der Waals surface area contributed by atoms with Crippen LogP contribution in [0.15, 0.2) is 102 Å². The zero-order valence-electron chi connectivity index (χ0n) is 46.2. The number of hydrazone groups is 1. The highest BCUT2D eigenvalue weighted by atomic mass is 32.1. The van der Waals surface area contributed by atoms with Crippen LogP contribution in [0.4, 0.5) is 0 Å². The number of phenolic OH excluding ortho intramolecular Hbond substituents is 2. The lowest BCUT2D eigenvalue weighted by Crippen LogP contribution is -2.58. The number of thiophene rings is 1. The number of aliphatic hydroxyl groups is 1. The molecule has 1 fully saturated rings. The molecular formula is C59H72N6O14S2. The van der Waals surface area contributed by atoms with Crippen LogP contribution in [-0.4, -0.2) is 166 Å². The zero-order chi connectivity index (χ0) is 57.7. The molecule has 7 rings (SSSR count). The number of amides is 4. The van der Waals surface area contributed by atoms with Gasteiger partial charge in [-0.1, -0.05) is 45.0 Å². The number of fused-ring (bicyclic) bond motifs is 1. The summed E-state index contributed by atoms with van der Waals surface area (Å²) in [5.41, 5.74) is 8.52. The number of phenols is 2. The summed E-state index contributed by atoms with van der Waals surface area (Å²) in [4.78, 5) is 61.5. The monoisotopic (exact) mass is 1150 g/mol. The molecule has 0 aliphatic carbocycles. The Morgan fingerprint density at radius 1 is 0.741 bits per heavy atom. The van der Waals surface area contributed by atoms with Gasteiger partial charge in [-0.05, 0) is 108 Å². The first kappa shape index (κ1) is 61.8. The molecule has 2 aromatic heterocycles. The summed E-state index contributed by atoms with van der Waals surface area (Å²) in [7, 11) is 0. The second kappa shape index (κ2) is 30.8. The van der Waals surface area contributed by atoms with Crippen molar-refractivity contribution in [3.05, 3.63) is 119 Å². The predicted molar refractivity (Wildman–Crippen MR) is 309 cm³/mol. The third-order valence-electron chi connectivity index (χ3n) is 12.9. The molecule has 20 nitrogen and oxygen atoms in total. The van der Waals surface area contributed by atoms with Crippen LogP contribution in [0.5, 0.6) is 17.2 Å². The van der Waals surface area contributed by atoms with E-state index in [1.165, 1.54) is 28.5 Å². The number of hydrogen-bond acceptors (Lipinski definition) is 18. The summed E-state index contributed by atoms with van der Waals surface area (Å²) in [5.74, 6) is -0.873. The van der Waals surface area contributed by atoms with Gasteiger partial charge in [-0.3, -0.25) is 19.2 Å². The van der Waals surface area contributed by atoms with Crippen LogP contribution < -0.4 is 20.8 Å². The van der Waals surface area contributed by atoms with E-state index in [-0.39, 0.29) is 56.2 Å². The van der Waals surface area contributed by atoms with E-state index < -0.39 is 41.3 Å². The molecule has 0 unspecified atom stereocenters. The lowest BCUT2D eigenvalue weighted by molar-refractivity contribution is -0.144. The Kier molecular flexibility index (Phi) is 23.5. The Balaban J connectivity index is 0.667. The number of carbonyl (C=O) groups excluding carboxylic acids is 4. The fourth-order valence-corrected chi connectivity index (χ4v) is 10.7. The molecule has 1 saturated heterocycles. The number of nitrogens with one attached hydrogen (secondary N) is 3. The Morgan fingerprint density at radius 2 is 1.31 bits per heavy atom. The molecule has 0 saturated carbocycles. The minimum Gasteiger partial charge on any atom is -0.508 e. The Bertz CT molecular complexity index is 3000. The largest absolute Gasteiger partial charge is 0.508 e. The highest BCUT2D eigenvalue weighted by Crippen LogP contribution is 2.40. The molecule has 434 valence electrons. The molecule has 6 N–H and O–H groups in total. The van der Waals surface area contributed by atoms with Gasteiger partial charge in [0.2, 0.25) is 17.7 Å². The maximum absolute atomic E-state index is 14.0. The normalized spacial score (nSPS) is 15.3. The van der Waals surface area contributed by atoms with Crippen LogP contribution in [-0.2, 0) is 42.8 Å². The van der Waals surface area contributed by atoms with Crippen molar-refractivity contribution >= 4 is 62.6 Å². The first-order valence-electron chi connectivity index (χ1n) is 26.7. The van der Waals surface area contributed by atoms with Gasteiger partial charge in [-0.2, -0.15) is 5.10 Å². The summed E-state index contributed by atoms with van der Waals surface area (Å²) < 4.78 is 39.9. The van der Waals surface area contributed by atoms with E-state index in [0.29, 0.717) is 87.6 Å². The van der Waals surface area contributed by atoms with E-state index in [4.69, 9.17) is 33.2 Å². The lowest BCUT2D eigenvalue weighted by Gasteiger charge is -2.35. The van der Waals surface area contributed by atoms with Crippen molar-refractivity contribution in [2.45, 2.75) is 65.3 Å². The number of aryl methyl sites for hydroxylation is 1. The third kappa shape index (κ3) is 18.6. The molecule has 1 aliphatic rings. The summed E-state index contributed by atoms with van der Waals surface area (Å²) >= 11 is 2.93. The molecule has 0 radical (unpaired) electrons. The van der Waals surface area contributed by atoms with E-state index in [9.17, 15) is 34.5 Å². The second-order valence-electron chi connectivity index (χ2n) is 20.1. The number of ether oxygens (including phenoxy) is 7. The number of β-amino-alcohol motifs (C(OH)–C–C–N with tert-alkyl or cyclic N) is 1. The fraction of sp³-hybridized carbons (Fsp3) is 0.424. The van der Waals surface area contributed by atoms with Crippen LogP contribution in [0.1, 0.15) is 67.3 Å². The Labute approximate surface area is 479 Å². The molecule has 4 amide bonds. The minimum atomic E-state index is -0.980. The topological polar surface area (TPSA) is 258 Å². The number of nitrogens with zero attached hydrogens (tertiary/aromatic N) is 3. The van der Waals surface area contributed by atoms with Gasteiger partial charge in [0.05, 0.1) is 113 Å². The molecule has 4 aromatic carbocycles. The van der Waals surface area contributed by atoms with Crippen molar-refractivity contribution in [3.63, 3.8) is 0 Å². The molecule has 1 aliphatic heterocycles. The van der Waals surface area contributed by atoms with E-state index in [0.717, 1.165) is 37.5 Å². The van der Waals surface area contributed by atoms with E-state index in [1.54, 1.807) is 59.9 Å². The number of carbonyl (C=O) groups is 4. The van der Waals surface area contributed by atoms with Gasteiger partial charge < -0.3 is 64.0 Å². The quantitative estimate of drug-likeness (QED) is 0.0145. The van der Waals surface area contributed by atoms with Crippen LogP contribution in [0, 0.1) is 12.3 Å². The first-order valence-corrected chi connectivity index (χ1v) is 28.4. The molecule has 0 bridgehead atoms. The average molecular weight is 1150 g/mol. The van der Waals surface area contributed by atoms with Gasteiger partial charge in [0.15, 0.2) is 0 Å². The number of aromatic nitrogens is 1. The standard InChI is InChI=1S/C59H72N6O14S2/c1-38(41-8-10-42(11-9-41)53-39(2)60-37-80-53)62-56(70)49-32-46(68)35-65(49)58(72)55(59(3,4)5)63-51(69)36-78-29-28-76-25-24-74-21-20-73-22-23-75-26-27-77-30-31-79-47-17-6-40(7-18-47)34-61-64-57(71)52-48-19-16-45(67)33-50(48)81-54(52)43-12-14-44(66)15-13-43/h6-19,33-34,37-38,46,49,55,66-68H,20-32,35-36H2,1-5H3,(H,62,70)(H,63,69)(H,64,71)/b61-34+/t38-,46+,49-,55+/m0/s1. The van der Waals surface area contributed by atoms with Crippen molar-refractivity contribution in [1.82, 2.24) is 25.9 Å². The van der Waals surface area contributed by atoms with Crippen molar-refractivity contribution in [1.29, 1.82) is 0 Å². The highest BCUT2D eigenvalue weighted by Gasteiger charge is 2.44. The molecule has 0 spiro atoms. The number of likely N-dealkylation sites (tertiary alicyclic amines) is 1. The van der Waals surface area contributed by atoms with Gasteiger partial charge in [0, 0.05) is 27.9 Å². The summed E-state index contributed by atoms with van der Waals surface area (Å²) in [6, 6.07) is 24.3. The average Bonchev–Trinajstić information content (AvgIpc) is 4.20. The Morgan fingerprint density at radius 3 is 1.90 bits per heavy atom. The zero-order valence-corrected chi connectivity index (χ0v) is 47.9. The fourth-order valence-electron chi connectivity index (χ4n) is 8.70. The van der Waals surface area contributed by atoms with Crippen LogP contribution >= 0.6 is 22.7 Å². The summed E-state index contributed by atoms with van der Waals surface area (Å²) in [6.45, 7) is 13.1. The highest BCUT2D eigenvalue weighted by molar-refractivity contribution is 7.22. The number of benzene rings is 4. The summed E-state index contributed by atoms with van der Waals surface area (Å²) in [5, 5.41) is 41.0. The first-order chi connectivity index (χ1) is 39.0. The van der Waals surface area contributed by atoms with Gasteiger partial charge in [0.25, 0.3) is 5.91 Å². The number of aliphatic hydroxyl groups excluding tert-OH is 1. The third-order valence-corrected chi connectivity index (χ3v) is 15.1. The van der Waals surface area contributed by atoms with Crippen molar-refractivity contribution in [2.24, 2.45) is 10.5 Å². The van der Waals surface area contributed by atoms with Crippen LogP contribution in [0.2, 0.25) is 0 Å². The van der Waals surface area contributed by atoms with E-state index >= 15 is 0 Å². The molecule has 3 heterocycles. The van der Waals surface area contributed by atoms with E-state index in [2.05, 4.69) is 26.1 Å². The van der Waals surface area contributed by atoms with Crippen LogP contribution in [0.25, 0.3) is 31.0 Å². The van der Waals surface area contributed by atoms with Crippen molar-refractivity contribution in [2.75, 3.05) is 92.4 Å². The number of hydrogen-bond donors (Lipinski definition) is 6. The van der Waals surface area contributed by atoms with Crippen LogP contribution in [0.3, 0.4) is 0 Å². The van der Waals surface area contributed by atoms with Crippen molar-refractivity contribution in [3.8, 4) is 38.1 Å². The predicted octanol–water partition coefficient (Wildman–Crippen LogP) is 7.02. The molecule has 22 heteroatoms. The van der Waals surface area contributed by atoms with Gasteiger partial charge in [-0.15, -0.1) is 22.7 Å². The lowest BCUT2D eigenvalue weighted by atomic mass is 9.85. The second-order valence-corrected chi connectivity index (χ2v) is 22.1.